The number of hydrogen-bond acceptors (Lipinski definition) is 3. The maximum Gasteiger partial charge on any atom is 0.214 e. The van der Waals surface area contributed by atoms with Crippen molar-refractivity contribution in [3.63, 3.8) is 0 Å². The van der Waals surface area contributed by atoms with Crippen LogP contribution in [0.15, 0.2) is 39.7 Å². The molecule has 0 aliphatic carbocycles. The second-order valence-electron chi connectivity index (χ2n) is 6.32. The van der Waals surface area contributed by atoms with E-state index in [0.717, 1.165) is 24.0 Å². The Kier molecular flexibility index (Phi) is 6.41. The molecule has 0 fully saturated rings. The molecule has 0 amide bonds. The summed E-state index contributed by atoms with van der Waals surface area (Å²) in [5, 5.41) is 6.67. The highest BCUT2D eigenvalue weighted by Crippen LogP contribution is 2.23. The molecular weight excluding hydrogens is 300 g/mol. The molecule has 24 heavy (non-hydrogen) atoms. The molecule has 5 heteroatoms. The number of guanidine groups is 1. The Hall–Kier alpha value is -2.30. The maximum absolute atomic E-state index is 5.59. The van der Waals surface area contributed by atoms with Crippen molar-refractivity contribution in [1.82, 2.24) is 15.6 Å². The predicted molar refractivity (Wildman–Crippen MR) is 98.2 cm³/mol. The molecule has 5 nitrogen and oxygen atoms in total. The zero-order valence-electron chi connectivity index (χ0n) is 15.3. The molecule has 0 saturated carbocycles. The van der Waals surface area contributed by atoms with Gasteiger partial charge in [-0.05, 0) is 25.3 Å². The van der Waals surface area contributed by atoms with E-state index in [1.807, 2.05) is 13.8 Å². The number of nitrogens with zero attached hydrogens (tertiary/aromatic N) is 2. The molecule has 2 rings (SSSR count). The van der Waals surface area contributed by atoms with Crippen LogP contribution in [0.3, 0.4) is 0 Å². The molecule has 1 atom stereocenters. The van der Waals surface area contributed by atoms with Crippen LogP contribution in [0, 0.1) is 19.8 Å². The Morgan fingerprint density at radius 1 is 1.17 bits per heavy atom. The van der Waals surface area contributed by atoms with E-state index in [1.54, 1.807) is 7.05 Å². The summed E-state index contributed by atoms with van der Waals surface area (Å²) < 4.78 is 5.59. The van der Waals surface area contributed by atoms with Crippen LogP contribution in [0.1, 0.15) is 42.7 Å². The number of oxazole rings is 1. The topological polar surface area (TPSA) is 62.5 Å². The molecule has 0 aliphatic heterocycles. The van der Waals surface area contributed by atoms with Gasteiger partial charge < -0.3 is 15.1 Å². The summed E-state index contributed by atoms with van der Waals surface area (Å²) in [5.41, 5.74) is 2.27. The van der Waals surface area contributed by atoms with E-state index in [9.17, 15) is 0 Å². The molecule has 1 unspecified atom stereocenters. The fraction of sp³-hybridized carbons (Fsp3) is 0.474. The minimum Gasteiger partial charge on any atom is -0.444 e. The van der Waals surface area contributed by atoms with E-state index in [-0.39, 0.29) is 0 Å². The first kappa shape index (κ1) is 18.0. The van der Waals surface area contributed by atoms with Gasteiger partial charge in [-0.15, -0.1) is 0 Å². The lowest BCUT2D eigenvalue weighted by atomic mass is 9.88. The number of aliphatic imine (C=N–C) groups is 1. The van der Waals surface area contributed by atoms with Crippen molar-refractivity contribution in [2.24, 2.45) is 10.9 Å². The number of hydrogen-bond donors (Lipinski definition) is 2. The molecule has 2 N–H and O–H groups in total. The van der Waals surface area contributed by atoms with Crippen molar-refractivity contribution < 1.29 is 4.42 Å². The van der Waals surface area contributed by atoms with Crippen LogP contribution in [0.25, 0.3) is 0 Å². The van der Waals surface area contributed by atoms with Gasteiger partial charge in [0, 0.05) is 19.5 Å². The average Bonchev–Trinajstić information content (AvgIpc) is 2.89. The summed E-state index contributed by atoms with van der Waals surface area (Å²) in [6, 6.07) is 10.6. The third kappa shape index (κ3) is 4.85. The predicted octanol–water partition coefficient (Wildman–Crippen LogP) is 3.40. The number of nitrogens with one attached hydrogen (secondary N) is 2. The quantitative estimate of drug-likeness (QED) is 0.630. The van der Waals surface area contributed by atoms with E-state index in [4.69, 9.17) is 4.42 Å². The van der Waals surface area contributed by atoms with Gasteiger partial charge in [0.25, 0.3) is 0 Å². The zero-order chi connectivity index (χ0) is 17.5. The Morgan fingerprint density at radius 2 is 1.88 bits per heavy atom. The van der Waals surface area contributed by atoms with Crippen LogP contribution >= 0.6 is 0 Å². The van der Waals surface area contributed by atoms with Gasteiger partial charge in [-0.2, -0.15) is 0 Å². The lowest BCUT2D eigenvalue weighted by Crippen LogP contribution is -2.39. The highest BCUT2D eigenvalue weighted by atomic mass is 16.4. The molecule has 0 saturated heterocycles. The number of aromatic nitrogens is 1. The summed E-state index contributed by atoms with van der Waals surface area (Å²) >= 11 is 0. The molecule has 130 valence electrons. The third-order valence-electron chi connectivity index (χ3n) is 4.23. The van der Waals surface area contributed by atoms with Gasteiger partial charge in [0.1, 0.15) is 5.76 Å². The summed E-state index contributed by atoms with van der Waals surface area (Å²) in [7, 11) is 1.77. The van der Waals surface area contributed by atoms with Gasteiger partial charge in [0.2, 0.25) is 5.89 Å². The first-order valence-electron chi connectivity index (χ1n) is 8.43. The van der Waals surface area contributed by atoms with E-state index in [2.05, 4.69) is 64.8 Å². The normalized spacial score (nSPS) is 13.2. The van der Waals surface area contributed by atoms with Crippen LogP contribution < -0.4 is 10.6 Å². The van der Waals surface area contributed by atoms with E-state index in [0.29, 0.717) is 24.3 Å². The first-order chi connectivity index (χ1) is 11.5. The van der Waals surface area contributed by atoms with Crippen molar-refractivity contribution in [3.8, 4) is 0 Å². The van der Waals surface area contributed by atoms with Crippen molar-refractivity contribution in [2.75, 3.05) is 13.6 Å². The fourth-order valence-electron chi connectivity index (χ4n) is 2.64. The van der Waals surface area contributed by atoms with E-state index in [1.165, 1.54) is 5.56 Å². The summed E-state index contributed by atoms with van der Waals surface area (Å²) in [4.78, 5) is 8.66. The largest absolute Gasteiger partial charge is 0.444 e. The minimum absolute atomic E-state index is 0.427. The van der Waals surface area contributed by atoms with Crippen LogP contribution in [-0.2, 0) is 6.54 Å². The molecule has 1 aromatic carbocycles. The Morgan fingerprint density at radius 3 is 2.42 bits per heavy atom. The van der Waals surface area contributed by atoms with Crippen LogP contribution in [0.2, 0.25) is 0 Å². The van der Waals surface area contributed by atoms with Crippen LogP contribution in [-0.4, -0.2) is 24.5 Å². The molecule has 1 aromatic heterocycles. The second-order valence-corrected chi connectivity index (χ2v) is 6.32. The number of aryl methyl sites for hydroxylation is 2. The highest BCUT2D eigenvalue weighted by molar-refractivity contribution is 5.79. The lowest BCUT2D eigenvalue weighted by Gasteiger charge is -2.23. The third-order valence-corrected chi connectivity index (χ3v) is 4.23. The molecular formula is C19H28N4O. The van der Waals surface area contributed by atoms with Gasteiger partial charge in [0.05, 0.1) is 12.2 Å². The van der Waals surface area contributed by atoms with E-state index >= 15 is 0 Å². The van der Waals surface area contributed by atoms with Crippen molar-refractivity contribution in [1.29, 1.82) is 0 Å². The molecule has 2 aromatic rings. The summed E-state index contributed by atoms with van der Waals surface area (Å²) in [6.45, 7) is 9.70. The minimum atomic E-state index is 0.427. The van der Waals surface area contributed by atoms with Gasteiger partial charge >= 0.3 is 0 Å². The molecule has 1 heterocycles. The Labute approximate surface area is 144 Å². The highest BCUT2D eigenvalue weighted by Gasteiger charge is 2.16. The summed E-state index contributed by atoms with van der Waals surface area (Å²) in [6.07, 6.45) is 0. The van der Waals surface area contributed by atoms with Gasteiger partial charge in [-0.25, -0.2) is 4.98 Å². The van der Waals surface area contributed by atoms with Crippen LogP contribution in [0.4, 0.5) is 0 Å². The zero-order valence-corrected chi connectivity index (χ0v) is 15.3. The van der Waals surface area contributed by atoms with Crippen molar-refractivity contribution in [2.45, 2.75) is 40.2 Å². The molecule has 0 bridgehead atoms. The van der Waals surface area contributed by atoms with Crippen molar-refractivity contribution >= 4 is 5.96 Å². The van der Waals surface area contributed by atoms with Crippen molar-refractivity contribution in [3.05, 3.63) is 53.2 Å². The first-order valence-corrected chi connectivity index (χ1v) is 8.43. The molecule has 0 spiro atoms. The number of benzene rings is 1. The number of rotatable bonds is 6. The van der Waals surface area contributed by atoms with Gasteiger partial charge in [-0.3, -0.25) is 4.99 Å². The monoisotopic (exact) mass is 328 g/mol. The van der Waals surface area contributed by atoms with Gasteiger partial charge in [0.15, 0.2) is 5.96 Å². The Balaban J connectivity index is 1.92. The standard InChI is InChI=1S/C19H28N4O/c1-13(2)17(16-9-7-6-8-10-16)11-21-19(20-5)22-12-18-23-14(3)15(4)24-18/h6-10,13,17H,11-12H2,1-5H3,(H2,20,21,22). The SMILES string of the molecule is CN=C(NCc1nc(C)c(C)o1)NCC(c1ccccc1)C(C)C. The average molecular weight is 328 g/mol. The fourth-order valence-corrected chi connectivity index (χ4v) is 2.64. The van der Waals surface area contributed by atoms with Crippen LogP contribution in [0.5, 0.6) is 0 Å². The second kappa shape index (κ2) is 8.52. The Bertz CT molecular complexity index is 642. The maximum atomic E-state index is 5.59. The van der Waals surface area contributed by atoms with E-state index < -0.39 is 0 Å². The lowest BCUT2D eigenvalue weighted by molar-refractivity contribution is 0.460. The summed E-state index contributed by atoms with van der Waals surface area (Å²) in [5.74, 6) is 3.26. The molecule has 0 radical (unpaired) electrons. The van der Waals surface area contributed by atoms with Gasteiger partial charge in [-0.1, -0.05) is 44.2 Å². The molecule has 0 aliphatic rings. The smallest absolute Gasteiger partial charge is 0.214 e.